The van der Waals surface area contributed by atoms with Crippen LogP contribution in [-0.4, -0.2) is 48.4 Å². The summed E-state index contributed by atoms with van der Waals surface area (Å²) in [6.07, 6.45) is 0. The predicted molar refractivity (Wildman–Crippen MR) is 57.2 cm³/mol. The first kappa shape index (κ1) is 20.2. The molecule has 7 N–H and O–H groups in total. The molecule has 0 bridgehead atoms. The average Bonchev–Trinajstić information content (AvgIpc) is 2.02. The molecule has 0 aromatic rings. The lowest BCUT2D eigenvalue weighted by Gasteiger charge is -1.88. The molecule has 0 saturated heterocycles. The molecule has 0 aliphatic carbocycles. The summed E-state index contributed by atoms with van der Waals surface area (Å²) < 4.78 is 31.6. The van der Waals surface area contributed by atoms with Crippen molar-refractivity contribution in [2.75, 3.05) is 14.1 Å². The first-order valence-corrected chi connectivity index (χ1v) is 5.01. The van der Waals surface area contributed by atoms with Gasteiger partial charge in [0, 0.05) is 7.05 Å². The van der Waals surface area contributed by atoms with Gasteiger partial charge in [0.05, 0.1) is 0 Å². The molecule has 0 heterocycles. The molecule has 0 amide bonds. The van der Waals surface area contributed by atoms with Crippen LogP contribution in [0.15, 0.2) is 5.10 Å². The summed E-state index contributed by atoms with van der Waals surface area (Å²) in [5, 5.41) is 11.5. The first-order valence-electron chi connectivity index (χ1n) is 3.61. The maximum absolute atomic E-state index is 9.92. The topological polar surface area (TPSA) is 174 Å². The van der Waals surface area contributed by atoms with Crippen LogP contribution in [0.5, 0.6) is 0 Å². The fraction of sp³-hybridized carbons (Fsp3) is 0.600. The Hall–Kier alpha value is -1.27. The van der Waals surface area contributed by atoms with Crippen LogP contribution in [0.2, 0.25) is 0 Å². The zero-order valence-corrected chi connectivity index (χ0v) is 9.82. The van der Waals surface area contributed by atoms with Gasteiger partial charge in [0.25, 0.3) is 0 Å². The number of hydrogen-bond donors (Lipinski definition) is 6. The third kappa shape index (κ3) is 53.3. The number of nitrogens with one attached hydrogen (secondary N) is 2. The molecule has 98 valence electrons. The molecule has 11 heteroatoms. The van der Waals surface area contributed by atoms with Crippen LogP contribution in [0.1, 0.15) is 6.92 Å². The number of hydrazine groups is 1. The highest BCUT2D eigenvalue weighted by molar-refractivity contribution is 7.79. The van der Waals surface area contributed by atoms with Crippen molar-refractivity contribution in [2.24, 2.45) is 10.9 Å². The minimum absolute atomic E-state index is 0.0625. The standard InChI is InChI=1S/C4H8N2O2.CH6N2.H2O4S/c1-3(4(7)8)6-5-2;1-3-2;1-5(2,3)4/h5H,1-2H3,(H,7,8);3H,2H2,1H3;(H2,1,2,3,4). The van der Waals surface area contributed by atoms with Crippen LogP contribution in [0.4, 0.5) is 0 Å². The molecule has 16 heavy (non-hydrogen) atoms. The average molecular weight is 260 g/mol. The molecule has 0 aromatic carbocycles. The number of aliphatic carboxylic acids is 1. The minimum Gasteiger partial charge on any atom is -0.477 e. The Kier molecular flexibility index (Phi) is 14.9. The van der Waals surface area contributed by atoms with E-state index in [1.165, 1.54) is 6.92 Å². The summed E-state index contributed by atoms with van der Waals surface area (Å²) in [5.41, 5.74) is 4.67. The van der Waals surface area contributed by atoms with Crippen molar-refractivity contribution in [3.8, 4) is 0 Å². The second-order valence-electron chi connectivity index (χ2n) is 1.96. The van der Waals surface area contributed by atoms with Crippen molar-refractivity contribution in [3.05, 3.63) is 0 Å². The predicted octanol–water partition coefficient (Wildman–Crippen LogP) is -1.91. The summed E-state index contributed by atoms with van der Waals surface area (Å²) in [7, 11) is -1.47. The van der Waals surface area contributed by atoms with E-state index < -0.39 is 16.4 Å². The largest absolute Gasteiger partial charge is 0.477 e. The molecule has 0 aliphatic heterocycles. The fourth-order valence-corrected chi connectivity index (χ4v) is 0.216. The minimum atomic E-state index is -4.67. The van der Waals surface area contributed by atoms with Crippen molar-refractivity contribution in [1.29, 1.82) is 0 Å². The van der Waals surface area contributed by atoms with Crippen LogP contribution in [0.25, 0.3) is 0 Å². The number of carboxylic acids is 1. The van der Waals surface area contributed by atoms with Crippen molar-refractivity contribution in [3.63, 3.8) is 0 Å². The normalized spacial score (nSPS) is 10.2. The smallest absolute Gasteiger partial charge is 0.394 e. The summed E-state index contributed by atoms with van der Waals surface area (Å²) in [6.45, 7) is 1.42. The first-order chi connectivity index (χ1) is 7.09. The van der Waals surface area contributed by atoms with Gasteiger partial charge >= 0.3 is 16.4 Å². The van der Waals surface area contributed by atoms with E-state index in [0.29, 0.717) is 0 Å². The number of rotatable bonds is 2. The molecular weight excluding hydrogens is 244 g/mol. The SMILES string of the molecule is CNN.CNN=C(C)C(=O)O.O=S(=O)(O)O. The Bertz CT molecular complexity index is 292. The Morgan fingerprint density at radius 3 is 1.62 bits per heavy atom. The van der Waals surface area contributed by atoms with Crippen molar-refractivity contribution in [1.82, 2.24) is 10.9 Å². The Labute approximate surface area is 93.1 Å². The van der Waals surface area contributed by atoms with Crippen LogP contribution in [0.3, 0.4) is 0 Å². The second-order valence-corrected chi connectivity index (χ2v) is 2.86. The molecule has 0 spiro atoms. The monoisotopic (exact) mass is 260 g/mol. The number of hydrazone groups is 1. The third-order valence-corrected chi connectivity index (χ3v) is 0.589. The zero-order valence-electron chi connectivity index (χ0n) is 9.00. The molecule has 0 saturated carbocycles. The van der Waals surface area contributed by atoms with Gasteiger partial charge in [0.15, 0.2) is 0 Å². The van der Waals surface area contributed by atoms with Gasteiger partial charge in [-0.15, -0.1) is 0 Å². The molecule has 0 unspecified atom stereocenters. The van der Waals surface area contributed by atoms with E-state index in [4.69, 9.17) is 22.6 Å². The second kappa shape index (κ2) is 11.8. The number of hydrogen-bond acceptors (Lipinski definition) is 7. The molecule has 0 fully saturated rings. The van der Waals surface area contributed by atoms with Gasteiger partial charge < -0.3 is 10.5 Å². The van der Waals surface area contributed by atoms with E-state index in [2.05, 4.69) is 21.8 Å². The van der Waals surface area contributed by atoms with Crippen molar-refractivity contribution in [2.45, 2.75) is 6.92 Å². The molecular formula is C5H16N4O6S. The van der Waals surface area contributed by atoms with Crippen LogP contribution in [0, 0.1) is 0 Å². The lowest BCUT2D eigenvalue weighted by molar-refractivity contribution is -0.129. The van der Waals surface area contributed by atoms with Crippen molar-refractivity contribution < 1.29 is 27.4 Å². The van der Waals surface area contributed by atoms with Gasteiger partial charge in [-0.3, -0.25) is 20.4 Å². The van der Waals surface area contributed by atoms with Crippen LogP contribution >= 0.6 is 0 Å². The fourth-order valence-electron chi connectivity index (χ4n) is 0.216. The van der Waals surface area contributed by atoms with Crippen LogP contribution in [-0.2, 0) is 15.2 Å². The number of nitrogens with two attached hydrogens (primary N) is 1. The highest BCUT2D eigenvalue weighted by Crippen LogP contribution is 1.70. The quantitative estimate of drug-likeness (QED) is 0.143. The number of carboxylic acid groups (broad SMARTS) is 1. The number of carbonyl (C=O) groups is 1. The summed E-state index contributed by atoms with van der Waals surface area (Å²) >= 11 is 0. The maximum Gasteiger partial charge on any atom is 0.394 e. The maximum atomic E-state index is 9.92. The molecule has 0 atom stereocenters. The molecule has 10 nitrogen and oxygen atoms in total. The van der Waals surface area contributed by atoms with E-state index in [9.17, 15) is 4.79 Å². The number of nitrogens with zero attached hydrogens (tertiary/aromatic N) is 1. The Balaban J connectivity index is -0.000000181. The van der Waals surface area contributed by atoms with Gasteiger partial charge in [-0.1, -0.05) is 0 Å². The molecule has 0 aliphatic rings. The molecule has 0 aromatic heterocycles. The van der Waals surface area contributed by atoms with E-state index in [1.807, 2.05) is 0 Å². The lowest BCUT2D eigenvalue weighted by atomic mass is 10.4. The van der Waals surface area contributed by atoms with Gasteiger partial charge in [-0.05, 0) is 14.0 Å². The van der Waals surface area contributed by atoms with E-state index in [-0.39, 0.29) is 5.71 Å². The highest BCUT2D eigenvalue weighted by Gasteiger charge is 1.98. The van der Waals surface area contributed by atoms with Gasteiger partial charge in [0.1, 0.15) is 5.71 Å². The molecule has 0 rings (SSSR count). The summed E-state index contributed by atoms with van der Waals surface area (Å²) in [4.78, 5) is 9.92. The summed E-state index contributed by atoms with van der Waals surface area (Å²) in [6, 6.07) is 0. The van der Waals surface area contributed by atoms with E-state index in [0.717, 1.165) is 0 Å². The van der Waals surface area contributed by atoms with E-state index >= 15 is 0 Å². The zero-order chi connectivity index (χ0) is 13.8. The van der Waals surface area contributed by atoms with Gasteiger partial charge in [0.2, 0.25) is 0 Å². The van der Waals surface area contributed by atoms with Crippen molar-refractivity contribution >= 4 is 22.1 Å². The summed E-state index contributed by atoms with van der Waals surface area (Å²) in [5.74, 6) is 3.60. The van der Waals surface area contributed by atoms with Crippen LogP contribution < -0.4 is 16.7 Å². The van der Waals surface area contributed by atoms with Gasteiger partial charge in [-0.2, -0.15) is 13.5 Å². The Morgan fingerprint density at radius 2 is 1.56 bits per heavy atom. The highest BCUT2D eigenvalue weighted by atomic mass is 32.3. The molecule has 0 radical (unpaired) electrons. The third-order valence-electron chi connectivity index (χ3n) is 0.589. The lowest BCUT2D eigenvalue weighted by Crippen LogP contribution is -2.13. The Morgan fingerprint density at radius 1 is 1.31 bits per heavy atom. The van der Waals surface area contributed by atoms with Gasteiger partial charge in [-0.25, -0.2) is 4.79 Å². The van der Waals surface area contributed by atoms with E-state index in [1.54, 1.807) is 14.1 Å².